The van der Waals surface area contributed by atoms with Crippen molar-refractivity contribution in [3.63, 3.8) is 0 Å². The van der Waals surface area contributed by atoms with Crippen molar-refractivity contribution in [2.75, 3.05) is 18.0 Å². The number of aryl methyl sites for hydroxylation is 2. The number of carboxylic acid groups (broad SMARTS) is 1. The minimum Gasteiger partial charge on any atom is -0.478 e. The van der Waals surface area contributed by atoms with Gasteiger partial charge in [0.2, 0.25) is 0 Å². The number of hydrogen-bond donors (Lipinski definition) is 1. The zero-order chi connectivity index (χ0) is 14.9. The van der Waals surface area contributed by atoms with E-state index in [1.807, 2.05) is 13.0 Å². The maximum Gasteiger partial charge on any atom is 0.339 e. The van der Waals surface area contributed by atoms with Crippen LogP contribution in [-0.4, -0.2) is 29.1 Å². The van der Waals surface area contributed by atoms with Gasteiger partial charge in [0.1, 0.15) is 5.56 Å². The molecule has 0 atom stereocenters. The second-order valence-corrected chi connectivity index (χ2v) is 6.55. The number of anilines is 1. The maximum absolute atomic E-state index is 11.5. The van der Waals surface area contributed by atoms with E-state index >= 15 is 0 Å². The molecule has 0 radical (unpaired) electrons. The number of aromatic nitrogens is 1. The quantitative estimate of drug-likeness (QED) is 0.899. The largest absolute Gasteiger partial charge is 0.478 e. The van der Waals surface area contributed by atoms with Crippen LogP contribution < -0.4 is 4.90 Å². The average molecular weight is 276 g/mol. The van der Waals surface area contributed by atoms with Crippen LogP contribution in [0.3, 0.4) is 0 Å². The van der Waals surface area contributed by atoms with E-state index in [2.05, 4.69) is 23.7 Å². The van der Waals surface area contributed by atoms with Crippen molar-refractivity contribution in [2.24, 2.45) is 5.41 Å². The van der Waals surface area contributed by atoms with Crippen LogP contribution >= 0.6 is 0 Å². The van der Waals surface area contributed by atoms with E-state index in [1.165, 1.54) is 6.42 Å². The molecular weight excluding hydrogens is 252 g/mol. The van der Waals surface area contributed by atoms with E-state index in [9.17, 15) is 9.90 Å². The molecule has 0 aromatic carbocycles. The summed E-state index contributed by atoms with van der Waals surface area (Å²) < 4.78 is 0. The lowest BCUT2D eigenvalue weighted by atomic mass is 9.85. The molecule has 0 saturated carbocycles. The highest BCUT2D eigenvalue weighted by Crippen LogP contribution is 2.33. The van der Waals surface area contributed by atoms with Gasteiger partial charge in [0.15, 0.2) is 0 Å². The molecule has 1 fully saturated rings. The molecular formula is C16H24N2O2. The third-order valence-electron chi connectivity index (χ3n) is 4.20. The number of pyridine rings is 1. The second-order valence-electron chi connectivity index (χ2n) is 6.55. The highest BCUT2D eigenvalue weighted by Gasteiger charge is 2.26. The summed E-state index contributed by atoms with van der Waals surface area (Å²) in [5.41, 5.74) is 3.02. The SMILES string of the molecule is Cc1cc(N2CCCC(C)(C)CC2)c(C(=O)O)c(C)n1. The maximum atomic E-state index is 11.5. The summed E-state index contributed by atoms with van der Waals surface area (Å²) in [4.78, 5) is 18.1. The molecule has 2 heterocycles. The van der Waals surface area contributed by atoms with Crippen molar-refractivity contribution in [3.8, 4) is 0 Å². The normalized spacial score (nSPS) is 18.7. The molecule has 4 heteroatoms. The van der Waals surface area contributed by atoms with Crippen molar-refractivity contribution in [2.45, 2.75) is 47.0 Å². The number of carbonyl (C=O) groups is 1. The van der Waals surface area contributed by atoms with Gasteiger partial charge in [-0.1, -0.05) is 13.8 Å². The Morgan fingerprint density at radius 3 is 2.65 bits per heavy atom. The van der Waals surface area contributed by atoms with Crippen molar-refractivity contribution in [1.82, 2.24) is 4.98 Å². The highest BCUT2D eigenvalue weighted by atomic mass is 16.4. The van der Waals surface area contributed by atoms with Crippen molar-refractivity contribution in [1.29, 1.82) is 0 Å². The Hall–Kier alpha value is -1.58. The molecule has 1 aliphatic heterocycles. The van der Waals surface area contributed by atoms with Crippen molar-refractivity contribution < 1.29 is 9.90 Å². The molecule has 1 aliphatic rings. The van der Waals surface area contributed by atoms with E-state index in [0.717, 1.165) is 37.3 Å². The van der Waals surface area contributed by atoms with Gasteiger partial charge < -0.3 is 10.0 Å². The summed E-state index contributed by atoms with van der Waals surface area (Å²) in [5.74, 6) is -0.881. The minimum absolute atomic E-state index is 0.343. The van der Waals surface area contributed by atoms with E-state index in [1.54, 1.807) is 6.92 Å². The molecule has 1 saturated heterocycles. The monoisotopic (exact) mass is 276 g/mol. The second kappa shape index (κ2) is 5.43. The number of carboxylic acids is 1. The van der Waals surface area contributed by atoms with Crippen molar-refractivity contribution >= 4 is 11.7 Å². The molecule has 4 nitrogen and oxygen atoms in total. The Balaban J connectivity index is 2.39. The summed E-state index contributed by atoms with van der Waals surface area (Å²) >= 11 is 0. The van der Waals surface area contributed by atoms with Gasteiger partial charge in [0, 0.05) is 18.8 Å². The van der Waals surface area contributed by atoms with Gasteiger partial charge in [0.05, 0.1) is 11.4 Å². The lowest BCUT2D eigenvalue weighted by Gasteiger charge is -2.26. The summed E-state index contributed by atoms with van der Waals surface area (Å²) in [6.07, 6.45) is 3.38. The van der Waals surface area contributed by atoms with Gasteiger partial charge in [-0.2, -0.15) is 0 Å². The van der Waals surface area contributed by atoms with E-state index in [0.29, 0.717) is 16.7 Å². The van der Waals surface area contributed by atoms with Gasteiger partial charge in [-0.25, -0.2) is 4.79 Å². The summed E-state index contributed by atoms with van der Waals surface area (Å²) in [6, 6.07) is 1.91. The summed E-state index contributed by atoms with van der Waals surface area (Å²) in [5, 5.41) is 9.47. The number of nitrogens with zero attached hydrogens (tertiary/aromatic N) is 2. The summed E-state index contributed by atoms with van der Waals surface area (Å²) in [6.45, 7) is 10.1. The number of hydrogen-bond acceptors (Lipinski definition) is 3. The van der Waals surface area contributed by atoms with Crippen LogP contribution in [0.1, 0.15) is 54.9 Å². The number of rotatable bonds is 2. The Morgan fingerprint density at radius 1 is 1.30 bits per heavy atom. The molecule has 1 aromatic rings. The van der Waals surface area contributed by atoms with E-state index < -0.39 is 5.97 Å². The first-order valence-electron chi connectivity index (χ1n) is 7.27. The molecule has 0 bridgehead atoms. The predicted molar refractivity (Wildman–Crippen MR) is 80.5 cm³/mol. The molecule has 0 unspecified atom stereocenters. The highest BCUT2D eigenvalue weighted by molar-refractivity contribution is 5.95. The van der Waals surface area contributed by atoms with Gasteiger partial charge in [-0.05, 0) is 44.6 Å². The van der Waals surface area contributed by atoms with Crippen LogP contribution in [0.15, 0.2) is 6.07 Å². The molecule has 0 spiro atoms. The molecule has 1 N–H and O–H groups in total. The topological polar surface area (TPSA) is 53.4 Å². The predicted octanol–water partition coefficient (Wildman–Crippen LogP) is 3.41. The fourth-order valence-electron chi connectivity index (χ4n) is 2.99. The molecule has 110 valence electrons. The third kappa shape index (κ3) is 3.11. The fraction of sp³-hybridized carbons (Fsp3) is 0.625. The molecule has 2 rings (SSSR count). The van der Waals surface area contributed by atoms with Crippen molar-refractivity contribution in [3.05, 3.63) is 23.0 Å². The van der Waals surface area contributed by atoms with Gasteiger partial charge >= 0.3 is 5.97 Å². The van der Waals surface area contributed by atoms with Gasteiger partial charge in [-0.3, -0.25) is 4.98 Å². The van der Waals surface area contributed by atoms with Crippen LogP contribution in [0.25, 0.3) is 0 Å². The zero-order valence-electron chi connectivity index (χ0n) is 12.9. The van der Waals surface area contributed by atoms with E-state index in [-0.39, 0.29) is 0 Å². The van der Waals surface area contributed by atoms with Crippen LogP contribution in [0.4, 0.5) is 5.69 Å². The standard InChI is InChI=1S/C16H24N2O2/c1-11-10-13(14(15(19)20)12(2)17-11)18-8-5-6-16(3,4)7-9-18/h10H,5-9H2,1-4H3,(H,19,20). The van der Waals surface area contributed by atoms with Crippen LogP contribution in [-0.2, 0) is 0 Å². The first-order valence-corrected chi connectivity index (χ1v) is 7.27. The summed E-state index contributed by atoms with van der Waals surface area (Å²) in [7, 11) is 0. The zero-order valence-corrected chi connectivity index (χ0v) is 12.9. The smallest absolute Gasteiger partial charge is 0.339 e. The lowest BCUT2D eigenvalue weighted by Crippen LogP contribution is -2.27. The Morgan fingerprint density at radius 2 is 2.00 bits per heavy atom. The Kier molecular flexibility index (Phi) is 4.02. The first-order chi connectivity index (χ1) is 9.30. The average Bonchev–Trinajstić information content (AvgIpc) is 2.48. The third-order valence-corrected chi connectivity index (χ3v) is 4.20. The van der Waals surface area contributed by atoms with Crippen LogP contribution in [0, 0.1) is 19.3 Å². The minimum atomic E-state index is -0.881. The molecule has 0 amide bonds. The molecule has 20 heavy (non-hydrogen) atoms. The van der Waals surface area contributed by atoms with Crippen LogP contribution in [0.5, 0.6) is 0 Å². The number of aromatic carboxylic acids is 1. The molecule has 1 aromatic heterocycles. The van der Waals surface area contributed by atoms with E-state index in [4.69, 9.17) is 0 Å². The van der Waals surface area contributed by atoms with Gasteiger partial charge in [-0.15, -0.1) is 0 Å². The van der Waals surface area contributed by atoms with Crippen LogP contribution in [0.2, 0.25) is 0 Å². The molecule has 0 aliphatic carbocycles. The Bertz CT molecular complexity index is 523. The Labute approximate surface area is 120 Å². The van der Waals surface area contributed by atoms with Gasteiger partial charge in [0.25, 0.3) is 0 Å². The fourth-order valence-corrected chi connectivity index (χ4v) is 2.99. The lowest BCUT2D eigenvalue weighted by molar-refractivity contribution is 0.0696. The first kappa shape index (κ1) is 14.8.